The molecule has 1 aliphatic heterocycles. The Morgan fingerprint density at radius 1 is 1.17 bits per heavy atom. The number of rotatable bonds is 8. The SMILES string of the molecule is O=C(CCOc1ccc(F)cc1Cl)NCCN1CCN(C(=O)C2CCCC2)CC1. The van der Waals surface area contributed by atoms with E-state index < -0.39 is 5.82 Å². The molecule has 0 atom stereocenters. The second-order valence-electron chi connectivity index (χ2n) is 7.67. The van der Waals surface area contributed by atoms with Gasteiger partial charge in [-0.15, -0.1) is 0 Å². The quantitative estimate of drug-likeness (QED) is 0.695. The Kier molecular flexibility index (Phi) is 8.12. The fourth-order valence-corrected chi connectivity index (χ4v) is 4.13. The van der Waals surface area contributed by atoms with Crippen molar-refractivity contribution in [1.82, 2.24) is 15.1 Å². The number of ether oxygens (including phenoxy) is 1. The number of carbonyl (C=O) groups excluding carboxylic acids is 2. The number of hydrogen-bond donors (Lipinski definition) is 1. The van der Waals surface area contributed by atoms with Gasteiger partial charge in [0.15, 0.2) is 0 Å². The Labute approximate surface area is 176 Å². The molecule has 160 valence electrons. The lowest BCUT2D eigenvalue weighted by Crippen LogP contribution is -2.51. The van der Waals surface area contributed by atoms with E-state index in [4.69, 9.17) is 16.3 Å². The van der Waals surface area contributed by atoms with E-state index in [-0.39, 0.29) is 29.9 Å². The number of hydrogen-bond acceptors (Lipinski definition) is 4. The molecule has 29 heavy (non-hydrogen) atoms. The molecule has 0 spiro atoms. The summed E-state index contributed by atoms with van der Waals surface area (Å²) in [5, 5.41) is 3.08. The Hall–Kier alpha value is -1.86. The van der Waals surface area contributed by atoms with Crippen LogP contribution < -0.4 is 10.1 Å². The predicted octanol–water partition coefficient (Wildman–Crippen LogP) is 2.70. The predicted molar refractivity (Wildman–Crippen MR) is 110 cm³/mol. The van der Waals surface area contributed by atoms with Crippen LogP contribution in [0.2, 0.25) is 5.02 Å². The monoisotopic (exact) mass is 425 g/mol. The molecule has 0 aromatic heterocycles. The molecule has 0 unspecified atom stereocenters. The van der Waals surface area contributed by atoms with E-state index in [1.165, 1.54) is 31.0 Å². The van der Waals surface area contributed by atoms with Crippen LogP contribution in [0.4, 0.5) is 4.39 Å². The molecule has 1 N–H and O–H groups in total. The van der Waals surface area contributed by atoms with Gasteiger partial charge in [-0.05, 0) is 31.0 Å². The molecule has 2 fully saturated rings. The van der Waals surface area contributed by atoms with Gasteiger partial charge < -0.3 is 15.0 Å². The molecule has 1 aromatic carbocycles. The van der Waals surface area contributed by atoms with Crippen molar-refractivity contribution in [2.45, 2.75) is 32.1 Å². The molecule has 0 bridgehead atoms. The van der Waals surface area contributed by atoms with Crippen molar-refractivity contribution in [3.05, 3.63) is 29.0 Å². The molecule has 3 rings (SSSR count). The Bertz CT molecular complexity index is 704. The van der Waals surface area contributed by atoms with Gasteiger partial charge in [0.2, 0.25) is 11.8 Å². The molecule has 0 radical (unpaired) electrons. The summed E-state index contributed by atoms with van der Waals surface area (Å²) in [7, 11) is 0. The van der Waals surface area contributed by atoms with Crippen molar-refractivity contribution in [3.8, 4) is 5.75 Å². The molecular formula is C21H29ClFN3O3. The molecule has 1 saturated carbocycles. The third-order valence-electron chi connectivity index (χ3n) is 5.62. The third kappa shape index (κ3) is 6.57. The van der Waals surface area contributed by atoms with Gasteiger partial charge in [-0.25, -0.2) is 4.39 Å². The number of nitrogens with zero attached hydrogens (tertiary/aromatic N) is 2. The van der Waals surface area contributed by atoms with Crippen LogP contribution in [0.1, 0.15) is 32.1 Å². The highest BCUT2D eigenvalue weighted by Gasteiger charge is 2.29. The molecule has 2 aliphatic rings. The summed E-state index contributed by atoms with van der Waals surface area (Å²) in [6.45, 7) is 4.75. The number of piperazine rings is 1. The number of carbonyl (C=O) groups is 2. The first-order chi connectivity index (χ1) is 14.0. The standard InChI is InChI=1S/C21H29ClFN3O3/c22-18-15-17(23)5-6-19(18)29-14-7-20(27)24-8-9-25-10-12-26(13-11-25)21(28)16-3-1-2-4-16/h5-6,15-16H,1-4,7-14H2,(H,24,27). The highest BCUT2D eigenvalue weighted by molar-refractivity contribution is 6.32. The average molecular weight is 426 g/mol. The van der Waals surface area contributed by atoms with Crippen molar-refractivity contribution >= 4 is 23.4 Å². The molecule has 1 saturated heterocycles. The molecular weight excluding hydrogens is 397 g/mol. The van der Waals surface area contributed by atoms with E-state index in [9.17, 15) is 14.0 Å². The lowest BCUT2D eigenvalue weighted by atomic mass is 10.1. The molecule has 1 aromatic rings. The van der Waals surface area contributed by atoms with Gasteiger partial charge in [0, 0.05) is 45.2 Å². The second kappa shape index (κ2) is 10.8. The first kappa shape index (κ1) is 21.8. The minimum atomic E-state index is -0.427. The highest BCUT2D eigenvalue weighted by atomic mass is 35.5. The van der Waals surface area contributed by atoms with Gasteiger partial charge >= 0.3 is 0 Å². The van der Waals surface area contributed by atoms with Gasteiger partial charge in [0.05, 0.1) is 18.1 Å². The number of nitrogens with one attached hydrogen (secondary N) is 1. The van der Waals surface area contributed by atoms with Crippen LogP contribution >= 0.6 is 11.6 Å². The summed E-state index contributed by atoms with van der Waals surface area (Å²) in [4.78, 5) is 28.7. The Balaban J connectivity index is 1.26. The number of halogens is 2. The van der Waals surface area contributed by atoms with Crippen LogP contribution in [0.3, 0.4) is 0 Å². The van der Waals surface area contributed by atoms with Gasteiger partial charge in [0.1, 0.15) is 11.6 Å². The molecule has 1 heterocycles. The van der Waals surface area contributed by atoms with Crippen LogP contribution in [0.25, 0.3) is 0 Å². The summed E-state index contributed by atoms with van der Waals surface area (Å²) in [5.41, 5.74) is 0. The largest absolute Gasteiger partial charge is 0.491 e. The Morgan fingerprint density at radius 3 is 2.59 bits per heavy atom. The van der Waals surface area contributed by atoms with Gasteiger partial charge in [0.25, 0.3) is 0 Å². The molecule has 1 aliphatic carbocycles. The zero-order chi connectivity index (χ0) is 20.6. The van der Waals surface area contributed by atoms with Crippen LogP contribution in [-0.2, 0) is 9.59 Å². The third-order valence-corrected chi connectivity index (χ3v) is 5.91. The zero-order valence-corrected chi connectivity index (χ0v) is 17.4. The fourth-order valence-electron chi connectivity index (χ4n) is 3.91. The summed E-state index contributed by atoms with van der Waals surface area (Å²) in [5.74, 6) is 0.414. The van der Waals surface area contributed by atoms with Crippen molar-refractivity contribution in [2.24, 2.45) is 5.92 Å². The van der Waals surface area contributed by atoms with Crippen molar-refractivity contribution in [2.75, 3.05) is 45.9 Å². The van der Waals surface area contributed by atoms with Crippen molar-refractivity contribution in [3.63, 3.8) is 0 Å². The van der Waals surface area contributed by atoms with E-state index in [0.29, 0.717) is 18.2 Å². The normalized spacial score (nSPS) is 18.1. The smallest absolute Gasteiger partial charge is 0.225 e. The highest BCUT2D eigenvalue weighted by Crippen LogP contribution is 2.27. The summed E-state index contributed by atoms with van der Waals surface area (Å²) in [6, 6.07) is 3.90. The van der Waals surface area contributed by atoms with Crippen molar-refractivity contribution in [1.29, 1.82) is 0 Å². The maximum absolute atomic E-state index is 13.0. The van der Waals surface area contributed by atoms with Crippen LogP contribution in [-0.4, -0.2) is 67.5 Å². The topological polar surface area (TPSA) is 61.9 Å². The number of benzene rings is 1. The van der Waals surface area contributed by atoms with E-state index in [1.807, 2.05) is 4.90 Å². The van der Waals surface area contributed by atoms with Crippen LogP contribution in [0.5, 0.6) is 5.75 Å². The maximum Gasteiger partial charge on any atom is 0.225 e. The molecule has 8 heteroatoms. The second-order valence-corrected chi connectivity index (χ2v) is 8.08. The Morgan fingerprint density at radius 2 is 1.90 bits per heavy atom. The van der Waals surface area contributed by atoms with E-state index in [2.05, 4.69) is 10.2 Å². The number of amides is 2. The summed E-state index contributed by atoms with van der Waals surface area (Å²) in [6.07, 6.45) is 4.65. The zero-order valence-electron chi connectivity index (χ0n) is 16.7. The van der Waals surface area contributed by atoms with Gasteiger partial charge in [-0.2, -0.15) is 0 Å². The summed E-state index contributed by atoms with van der Waals surface area (Å²) < 4.78 is 18.4. The van der Waals surface area contributed by atoms with Gasteiger partial charge in [-0.1, -0.05) is 24.4 Å². The first-order valence-electron chi connectivity index (χ1n) is 10.4. The van der Waals surface area contributed by atoms with E-state index in [1.54, 1.807) is 0 Å². The molecule has 2 amide bonds. The minimum Gasteiger partial charge on any atom is -0.491 e. The van der Waals surface area contributed by atoms with Crippen LogP contribution in [0, 0.1) is 11.7 Å². The molecule has 6 nitrogen and oxygen atoms in total. The van der Waals surface area contributed by atoms with Gasteiger partial charge in [-0.3, -0.25) is 14.5 Å². The van der Waals surface area contributed by atoms with E-state index >= 15 is 0 Å². The first-order valence-corrected chi connectivity index (χ1v) is 10.8. The van der Waals surface area contributed by atoms with Crippen LogP contribution in [0.15, 0.2) is 18.2 Å². The lowest BCUT2D eigenvalue weighted by molar-refractivity contribution is -0.137. The minimum absolute atomic E-state index is 0.0988. The maximum atomic E-state index is 13.0. The lowest BCUT2D eigenvalue weighted by Gasteiger charge is -2.36. The summed E-state index contributed by atoms with van der Waals surface area (Å²) >= 11 is 5.89. The van der Waals surface area contributed by atoms with E-state index in [0.717, 1.165) is 45.6 Å². The van der Waals surface area contributed by atoms with Crippen molar-refractivity contribution < 1.29 is 18.7 Å². The average Bonchev–Trinajstić information content (AvgIpc) is 3.24. The fraction of sp³-hybridized carbons (Fsp3) is 0.619.